The summed E-state index contributed by atoms with van der Waals surface area (Å²) >= 11 is 0. The lowest BCUT2D eigenvalue weighted by molar-refractivity contribution is 0.188. The highest BCUT2D eigenvalue weighted by Gasteiger charge is 2.25. The summed E-state index contributed by atoms with van der Waals surface area (Å²) in [6, 6.07) is 4.15. The van der Waals surface area contributed by atoms with Gasteiger partial charge in [0, 0.05) is 5.92 Å². The lowest BCUT2D eigenvalue weighted by atomic mass is 9.87. The molecule has 0 aromatic heterocycles. The third kappa shape index (κ3) is 3.16. The predicted octanol–water partition coefficient (Wildman–Crippen LogP) is 3.08. The first-order chi connectivity index (χ1) is 8.01. The minimum Gasteiger partial charge on any atom is -0.494 e. The van der Waals surface area contributed by atoms with Gasteiger partial charge in [-0.25, -0.2) is 8.78 Å². The predicted molar refractivity (Wildman–Crippen MR) is 64.2 cm³/mol. The smallest absolute Gasteiger partial charge is 0.165 e. The van der Waals surface area contributed by atoms with Crippen molar-refractivity contribution in [3.8, 4) is 5.75 Å². The summed E-state index contributed by atoms with van der Waals surface area (Å²) in [5, 5.41) is 0. The molecule has 0 saturated carbocycles. The Labute approximate surface area is 101 Å². The van der Waals surface area contributed by atoms with Crippen molar-refractivity contribution in [2.75, 3.05) is 13.7 Å². The first-order valence-corrected chi connectivity index (χ1v) is 5.68. The largest absolute Gasteiger partial charge is 0.494 e. The van der Waals surface area contributed by atoms with Gasteiger partial charge in [-0.15, -0.1) is 0 Å². The maximum atomic E-state index is 14.2. The first kappa shape index (κ1) is 13.9. The summed E-state index contributed by atoms with van der Waals surface area (Å²) in [7, 11) is 1.38. The highest BCUT2D eigenvalue weighted by Crippen LogP contribution is 2.32. The van der Waals surface area contributed by atoms with Gasteiger partial charge in [-0.1, -0.05) is 19.9 Å². The highest BCUT2D eigenvalue weighted by molar-refractivity contribution is 5.30. The fourth-order valence-electron chi connectivity index (χ4n) is 1.83. The number of alkyl halides is 1. The van der Waals surface area contributed by atoms with Crippen LogP contribution in [0.3, 0.4) is 0 Å². The van der Waals surface area contributed by atoms with Crippen molar-refractivity contribution in [2.24, 2.45) is 17.6 Å². The van der Waals surface area contributed by atoms with Crippen molar-refractivity contribution < 1.29 is 13.5 Å². The summed E-state index contributed by atoms with van der Waals surface area (Å²) in [5.41, 5.74) is 5.86. The number of methoxy groups -OCH3 is 1. The second kappa shape index (κ2) is 5.96. The van der Waals surface area contributed by atoms with E-state index in [0.29, 0.717) is 5.56 Å². The first-order valence-electron chi connectivity index (χ1n) is 5.68. The molecule has 0 spiro atoms. The molecular weight excluding hydrogens is 224 g/mol. The lowest BCUT2D eigenvalue weighted by Gasteiger charge is -2.23. The number of hydrogen-bond acceptors (Lipinski definition) is 2. The number of ether oxygens (including phenoxy) is 1. The van der Waals surface area contributed by atoms with E-state index in [9.17, 15) is 8.78 Å². The molecule has 1 aromatic carbocycles. The van der Waals surface area contributed by atoms with Crippen LogP contribution in [0, 0.1) is 17.7 Å². The van der Waals surface area contributed by atoms with E-state index in [1.165, 1.54) is 25.3 Å². The Kier molecular flexibility index (Phi) is 4.87. The van der Waals surface area contributed by atoms with Gasteiger partial charge in [0.1, 0.15) is 6.17 Å². The van der Waals surface area contributed by atoms with E-state index in [1.807, 2.05) is 13.8 Å². The van der Waals surface area contributed by atoms with Crippen LogP contribution in [0.25, 0.3) is 0 Å². The third-order valence-corrected chi connectivity index (χ3v) is 3.00. The third-order valence-electron chi connectivity index (χ3n) is 3.00. The van der Waals surface area contributed by atoms with Gasteiger partial charge in [0.25, 0.3) is 0 Å². The van der Waals surface area contributed by atoms with Gasteiger partial charge in [-0.05, 0) is 30.2 Å². The maximum Gasteiger partial charge on any atom is 0.165 e. The molecule has 2 atom stereocenters. The zero-order valence-electron chi connectivity index (χ0n) is 10.4. The Morgan fingerprint density at radius 2 is 2.00 bits per heavy atom. The number of nitrogens with two attached hydrogens (primary N) is 1. The molecule has 0 aliphatic rings. The van der Waals surface area contributed by atoms with Gasteiger partial charge in [-0.2, -0.15) is 0 Å². The molecule has 0 fully saturated rings. The average Bonchev–Trinajstić information content (AvgIpc) is 2.29. The van der Waals surface area contributed by atoms with E-state index in [1.54, 1.807) is 0 Å². The van der Waals surface area contributed by atoms with Crippen molar-refractivity contribution in [1.29, 1.82) is 0 Å². The van der Waals surface area contributed by atoms with Crippen LogP contribution in [-0.2, 0) is 0 Å². The molecule has 0 amide bonds. The normalized spacial score (nSPS) is 14.8. The van der Waals surface area contributed by atoms with Crippen molar-refractivity contribution in [1.82, 2.24) is 0 Å². The zero-order chi connectivity index (χ0) is 13.0. The molecule has 4 heteroatoms. The fraction of sp³-hybridized carbons (Fsp3) is 0.538. The van der Waals surface area contributed by atoms with Gasteiger partial charge >= 0.3 is 0 Å². The Balaban J connectivity index is 2.95. The molecule has 2 N–H and O–H groups in total. The topological polar surface area (TPSA) is 35.2 Å². The van der Waals surface area contributed by atoms with Crippen LogP contribution < -0.4 is 10.5 Å². The maximum absolute atomic E-state index is 14.2. The zero-order valence-corrected chi connectivity index (χ0v) is 10.4. The van der Waals surface area contributed by atoms with E-state index in [0.717, 1.165) is 0 Å². The Bertz CT molecular complexity index is 368. The van der Waals surface area contributed by atoms with E-state index >= 15 is 0 Å². The van der Waals surface area contributed by atoms with Crippen LogP contribution in [-0.4, -0.2) is 13.7 Å². The van der Waals surface area contributed by atoms with Gasteiger partial charge < -0.3 is 10.5 Å². The molecule has 96 valence electrons. The van der Waals surface area contributed by atoms with Gasteiger partial charge in [0.05, 0.1) is 7.11 Å². The quantitative estimate of drug-likeness (QED) is 0.862. The summed E-state index contributed by atoms with van der Waals surface area (Å²) in [6.45, 7) is 4.06. The standard InChI is InChI=1S/C13H19F2NO/c1-8(2)10(7-16)13(15)9-4-5-12(17-3)11(14)6-9/h4-6,8,10,13H,7,16H2,1-3H3. The number of rotatable bonds is 5. The molecule has 1 rings (SSSR count). The van der Waals surface area contributed by atoms with E-state index in [4.69, 9.17) is 10.5 Å². The molecule has 0 bridgehead atoms. The number of hydrogen-bond donors (Lipinski definition) is 1. The molecule has 0 saturated heterocycles. The second-order valence-corrected chi connectivity index (χ2v) is 4.44. The van der Waals surface area contributed by atoms with E-state index < -0.39 is 12.0 Å². The molecule has 0 aliphatic carbocycles. The second-order valence-electron chi connectivity index (χ2n) is 4.44. The van der Waals surface area contributed by atoms with Crippen molar-refractivity contribution in [2.45, 2.75) is 20.0 Å². The molecule has 0 radical (unpaired) electrons. The van der Waals surface area contributed by atoms with Gasteiger partial charge in [-0.3, -0.25) is 0 Å². The molecule has 17 heavy (non-hydrogen) atoms. The van der Waals surface area contributed by atoms with Crippen LogP contribution in [0.2, 0.25) is 0 Å². The van der Waals surface area contributed by atoms with Crippen molar-refractivity contribution in [3.05, 3.63) is 29.6 Å². The summed E-state index contributed by atoms with van der Waals surface area (Å²) in [5.74, 6) is -0.620. The molecule has 0 aliphatic heterocycles. The fourth-order valence-corrected chi connectivity index (χ4v) is 1.83. The molecule has 2 nitrogen and oxygen atoms in total. The van der Waals surface area contributed by atoms with E-state index in [2.05, 4.69) is 0 Å². The van der Waals surface area contributed by atoms with Crippen LogP contribution in [0.15, 0.2) is 18.2 Å². The van der Waals surface area contributed by atoms with Gasteiger partial charge in [0.15, 0.2) is 11.6 Å². The van der Waals surface area contributed by atoms with Crippen LogP contribution in [0.4, 0.5) is 8.78 Å². The Hall–Kier alpha value is -1.16. The van der Waals surface area contributed by atoms with Gasteiger partial charge in [0.2, 0.25) is 0 Å². The number of benzene rings is 1. The molecule has 2 unspecified atom stereocenters. The Morgan fingerprint density at radius 1 is 1.35 bits per heavy atom. The molecule has 1 aromatic rings. The Morgan fingerprint density at radius 3 is 2.41 bits per heavy atom. The monoisotopic (exact) mass is 243 g/mol. The summed E-state index contributed by atoms with van der Waals surface area (Å²) in [6.07, 6.45) is -1.25. The minimum absolute atomic E-state index is 0.111. The van der Waals surface area contributed by atoms with Crippen molar-refractivity contribution in [3.63, 3.8) is 0 Å². The van der Waals surface area contributed by atoms with E-state index in [-0.39, 0.29) is 24.1 Å². The summed E-state index contributed by atoms with van der Waals surface area (Å²) < 4.78 is 32.4. The number of halogens is 2. The van der Waals surface area contributed by atoms with Crippen LogP contribution >= 0.6 is 0 Å². The van der Waals surface area contributed by atoms with Crippen molar-refractivity contribution >= 4 is 0 Å². The van der Waals surface area contributed by atoms with Crippen LogP contribution in [0.5, 0.6) is 5.75 Å². The highest BCUT2D eigenvalue weighted by atomic mass is 19.1. The molecule has 0 heterocycles. The minimum atomic E-state index is -1.25. The lowest BCUT2D eigenvalue weighted by Crippen LogP contribution is -2.24. The molecular formula is C13H19F2NO. The summed E-state index contributed by atoms with van der Waals surface area (Å²) in [4.78, 5) is 0. The van der Waals surface area contributed by atoms with Crippen LogP contribution in [0.1, 0.15) is 25.6 Å². The SMILES string of the molecule is COc1ccc(C(F)C(CN)C(C)C)cc1F. The average molecular weight is 243 g/mol.